The number of amides is 2. The number of carboxylic acids is 1. The minimum Gasteiger partial charge on any atom is -0.481 e. The second-order valence-corrected chi connectivity index (χ2v) is 5.42. The molecule has 0 spiro atoms. The summed E-state index contributed by atoms with van der Waals surface area (Å²) in [5.41, 5.74) is -0.557. The van der Waals surface area contributed by atoms with Crippen molar-refractivity contribution in [2.45, 2.75) is 37.8 Å². The number of nitrogens with zero attached hydrogens (tertiary/aromatic N) is 1. The van der Waals surface area contributed by atoms with E-state index >= 15 is 0 Å². The molecule has 0 aliphatic heterocycles. The third-order valence-corrected chi connectivity index (χ3v) is 3.84. The maximum absolute atomic E-state index is 11.7. The summed E-state index contributed by atoms with van der Waals surface area (Å²) in [5, 5.41) is 16.9. The molecule has 0 saturated heterocycles. The van der Waals surface area contributed by atoms with Crippen molar-refractivity contribution in [3.63, 3.8) is 0 Å². The van der Waals surface area contributed by atoms with Gasteiger partial charge in [0.05, 0.1) is 18.5 Å². The van der Waals surface area contributed by atoms with E-state index in [2.05, 4.69) is 15.6 Å². The summed E-state index contributed by atoms with van der Waals surface area (Å²) in [6, 6.07) is -0.328. The normalized spacial score (nSPS) is 16.7. The summed E-state index contributed by atoms with van der Waals surface area (Å²) in [6.45, 7) is 0.368. The van der Waals surface area contributed by atoms with Crippen LogP contribution < -0.4 is 10.6 Å². The average Bonchev–Trinajstić information content (AvgIpc) is 2.75. The molecule has 0 atom stereocenters. The van der Waals surface area contributed by atoms with Gasteiger partial charge in [-0.05, 0) is 19.3 Å². The van der Waals surface area contributed by atoms with Gasteiger partial charge in [0.2, 0.25) is 0 Å². The van der Waals surface area contributed by atoms with Gasteiger partial charge in [0.15, 0.2) is 0 Å². The van der Waals surface area contributed by atoms with E-state index < -0.39 is 11.5 Å². The first-order valence-electron chi connectivity index (χ1n) is 5.76. The van der Waals surface area contributed by atoms with Crippen LogP contribution in [-0.4, -0.2) is 27.6 Å². The second kappa shape index (κ2) is 5.34. The first kappa shape index (κ1) is 12.8. The molecule has 7 heteroatoms. The fourth-order valence-corrected chi connectivity index (χ4v) is 2.58. The molecule has 1 aliphatic rings. The Bertz CT molecular complexity index is 429. The Labute approximate surface area is 108 Å². The second-order valence-electron chi connectivity index (χ2n) is 4.44. The smallest absolute Gasteiger partial charge is 0.315 e. The van der Waals surface area contributed by atoms with Crippen molar-refractivity contribution >= 4 is 23.3 Å². The van der Waals surface area contributed by atoms with Gasteiger partial charge in [-0.3, -0.25) is 4.79 Å². The molecule has 0 radical (unpaired) electrons. The number of aromatic nitrogens is 1. The summed E-state index contributed by atoms with van der Waals surface area (Å²) >= 11 is 1.47. The molecule has 6 nitrogen and oxygen atoms in total. The first-order chi connectivity index (χ1) is 8.60. The fraction of sp³-hybridized carbons (Fsp3) is 0.545. The van der Waals surface area contributed by atoms with E-state index in [1.54, 1.807) is 6.20 Å². The van der Waals surface area contributed by atoms with E-state index in [0.29, 0.717) is 6.54 Å². The molecule has 1 aromatic heterocycles. The van der Waals surface area contributed by atoms with Crippen LogP contribution in [0, 0.1) is 0 Å². The first-order valence-corrected chi connectivity index (χ1v) is 6.64. The van der Waals surface area contributed by atoms with Crippen molar-refractivity contribution in [3.05, 3.63) is 16.6 Å². The van der Waals surface area contributed by atoms with Gasteiger partial charge in [-0.1, -0.05) is 0 Å². The Morgan fingerprint density at radius 1 is 1.50 bits per heavy atom. The summed E-state index contributed by atoms with van der Waals surface area (Å²) in [5.74, 6) is -0.880. The highest BCUT2D eigenvalue weighted by atomic mass is 32.1. The number of rotatable bonds is 5. The maximum Gasteiger partial charge on any atom is 0.315 e. The molecule has 1 fully saturated rings. The van der Waals surface area contributed by atoms with Gasteiger partial charge in [-0.15, -0.1) is 11.3 Å². The zero-order valence-electron chi connectivity index (χ0n) is 9.81. The summed E-state index contributed by atoms with van der Waals surface area (Å²) in [4.78, 5) is 26.5. The van der Waals surface area contributed by atoms with E-state index in [9.17, 15) is 9.59 Å². The Morgan fingerprint density at radius 3 is 2.78 bits per heavy atom. The molecular weight excluding hydrogens is 254 g/mol. The van der Waals surface area contributed by atoms with Gasteiger partial charge in [0, 0.05) is 11.6 Å². The van der Waals surface area contributed by atoms with E-state index in [1.807, 2.05) is 5.38 Å². The van der Waals surface area contributed by atoms with E-state index in [0.717, 1.165) is 24.3 Å². The van der Waals surface area contributed by atoms with Crippen molar-refractivity contribution < 1.29 is 14.7 Å². The SMILES string of the molecule is O=C(O)CC1(NC(=O)NCc2nccs2)CCC1. The predicted octanol–water partition coefficient (Wildman–Crippen LogP) is 1.34. The van der Waals surface area contributed by atoms with Crippen LogP contribution in [0.5, 0.6) is 0 Å². The van der Waals surface area contributed by atoms with Gasteiger partial charge in [-0.25, -0.2) is 9.78 Å². The Kier molecular flexibility index (Phi) is 3.81. The number of nitrogens with one attached hydrogen (secondary N) is 2. The number of aliphatic carboxylic acids is 1. The molecule has 2 rings (SSSR count). The third-order valence-electron chi connectivity index (χ3n) is 3.06. The lowest BCUT2D eigenvalue weighted by Crippen LogP contribution is -2.57. The molecule has 0 unspecified atom stereocenters. The lowest BCUT2D eigenvalue weighted by Gasteiger charge is -2.41. The maximum atomic E-state index is 11.7. The van der Waals surface area contributed by atoms with Gasteiger partial charge in [0.1, 0.15) is 5.01 Å². The van der Waals surface area contributed by atoms with Crippen LogP contribution in [0.25, 0.3) is 0 Å². The molecule has 3 N–H and O–H groups in total. The highest BCUT2D eigenvalue weighted by molar-refractivity contribution is 7.09. The van der Waals surface area contributed by atoms with Crippen molar-refractivity contribution in [1.82, 2.24) is 15.6 Å². The summed E-state index contributed by atoms with van der Waals surface area (Å²) in [7, 11) is 0. The van der Waals surface area contributed by atoms with Crippen molar-refractivity contribution in [2.75, 3.05) is 0 Å². The van der Waals surface area contributed by atoms with E-state index in [1.165, 1.54) is 11.3 Å². The quantitative estimate of drug-likeness (QED) is 0.752. The van der Waals surface area contributed by atoms with Crippen LogP contribution >= 0.6 is 11.3 Å². The zero-order chi connectivity index (χ0) is 13.0. The zero-order valence-corrected chi connectivity index (χ0v) is 10.6. The monoisotopic (exact) mass is 269 g/mol. The van der Waals surface area contributed by atoms with Crippen LogP contribution in [0.3, 0.4) is 0 Å². The molecule has 1 saturated carbocycles. The Balaban J connectivity index is 1.80. The standard InChI is InChI=1S/C11H15N3O3S/c15-9(16)6-11(2-1-3-11)14-10(17)13-7-8-12-4-5-18-8/h4-5H,1-3,6-7H2,(H,15,16)(H2,13,14,17). The highest BCUT2D eigenvalue weighted by Crippen LogP contribution is 2.34. The van der Waals surface area contributed by atoms with E-state index in [-0.39, 0.29) is 12.5 Å². The van der Waals surface area contributed by atoms with Crippen LogP contribution in [0.15, 0.2) is 11.6 Å². The number of hydrogen-bond donors (Lipinski definition) is 3. The molecule has 1 aliphatic carbocycles. The fourth-order valence-electron chi connectivity index (χ4n) is 2.02. The number of carboxylic acid groups (broad SMARTS) is 1. The molecule has 1 aromatic rings. The number of carbonyl (C=O) groups is 2. The molecule has 0 aromatic carbocycles. The predicted molar refractivity (Wildman–Crippen MR) is 66.3 cm³/mol. The molecule has 1 heterocycles. The summed E-state index contributed by atoms with van der Waals surface area (Å²) < 4.78 is 0. The van der Waals surface area contributed by atoms with Gasteiger partial charge in [0.25, 0.3) is 0 Å². The topological polar surface area (TPSA) is 91.3 Å². The average molecular weight is 269 g/mol. The van der Waals surface area contributed by atoms with Crippen LogP contribution in [-0.2, 0) is 11.3 Å². The molecule has 98 valence electrons. The lowest BCUT2D eigenvalue weighted by atomic mass is 9.74. The molecular formula is C11H15N3O3S. The van der Waals surface area contributed by atoms with Crippen LogP contribution in [0.2, 0.25) is 0 Å². The molecule has 18 heavy (non-hydrogen) atoms. The number of thiazole rings is 1. The van der Waals surface area contributed by atoms with E-state index in [4.69, 9.17) is 5.11 Å². The van der Waals surface area contributed by atoms with Crippen LogP contribution in [0.4, 0.5) is 4.79 Å². The third kappa shape index (κ3) is 3.19. The van der Waals surface area contributed by atoms with Crippen molar-refractivity contribution in [2.24, 2.45) is 0 Å². The largest absolute Gasteiger partial charge is 0.481 e. The van der Waals surface area contributed by atoms with Gasteiger partial charge >= 0.3 is 12.0 Å². The van der Waals surface area contributed by atoms with Gasteiger partial charge in [-0.2, -0.15) is 0 Å². The minimum absolute atomic E-state index is 0.0162. The Morgan fingerprint density at radius 2 is 2.28 bits per heavy atom. The summed E-state index contributed by atoms with van der Waals surface area (Å²) in [6.07, 6.45) is 4.07. The number of urea groups is 1. The number of carbonyl (C=O) groups excluding carboxylic acids is 1. The number of hydrogen-bond acceptors (Lipinski definition) is 4. The minimum atomic E-state index is -0.880. The van der Waals surface area contributed by atoms with Gasteiger partial charge < -0.3 is 15.7 Å². The highest BCUT2D eigenvalue weighted by Gasteiger charge is 2.40. The molecule has 2 amide bonds. The molecule has 0 bridgehead atoms. The van der Waals surface area contributed by atoms with Crippen molar-refractivity contribution in [1.29, 1.82) is 0 Å². The Hall–Kier alpha value is -1.63. The van der Waals surface area contributed by atoms with Crippen LogP contribution in [0.1, 0.15) is 30.7 Å². The lowest BCUT2D eigenvalue weighted by molar-refractivity contribution is -0.139. The van der Waals surface area contributed by atoms with Crippen molar-refractivity contribution in [3.8, 4) is 0 Å².